The molecular weight excluding hydrogens is 269 g/mol. The Labute approximate surface area is 115 Å². The smallest absolute Gasteiger partial charge is 0.328 e. The predicted molar refractivity (Wildman–Crippen MR) is 67.9 cm³/mol. The van der Waals surface area contributed by atoms with Crippen molar-refractivity contribution in [2.24, 2.45) is 0 Å². The highest BCUT2D eigenvalue weighted by Crippen LogP contribution is 2.31. The standard InChI is InChI=1S/C12H18FN3O4/c1-12(2,13)8-5-9(14-20-8)16-10(17)7(6-19-4)15(3)11(16)18/h5,7,10,17H,6H2,1-4H3. The van der Waals surface area contributed by atoms with Crippen LogP contribution in [0, 0.1) is 0 Å². The summed E-state index contributed by atoms with van der Waals surface area (Å²) in [6.45, 7) is 2.82. The molecule has 0 bridgehead atoms. The van der Waals surface area contributed by atoms with Crippen molar-refractivity contribution < 1.29 is 23.6 Å². The summed E-state index contributed by atoms with van der Waals surface area (Å²) >= 11 is 0. The molecule has 1 aliphatic heterocycles. The maximum Gasteiger partial charge on any atom is 0.328 e. The molecule has 2 heterocycles. The molecule has 1 fully saturated rings. The molecule has 0 aliphatic carbocycles. The van der Waals surface area contributed by atoms with E-state index >= 15 is 0 Å². The first-order valence-electron chi connectivity index (χ1n) is 6.16. The van der Waals surface area contributed by atoms with Crippen LogP contribution in [0.15, 0.2) is 10.6 Å². The zero-order valence-corrected chi connectivity index (χ0v) is 11.8. The normalized spacial score (nSPS) is 23.8. The van der Waals surface area contributed by atoms with Gasteiger partial charge in [-0.15, -0.1) is 0 Å². The average molecular weight is 287 g/mol. The SMILES string of the molecule is COCC1C(O)N(c2cc(C(C)(C)F)on2)C(=O)N1C. The number of aliphatic hydroxyl groups is 1. The summed E-state index contributed by atoms with van der Waals surface area (Å²) in [5.41, 5.74) is -1.71. The highest BCUT2D eigenvalue weighted by Gasteiger charge is 2.45. The van der Waals surface area contributed by atoms with Gasteiger partial charge in [0.05, 0.1) is 6.61 Å². The van der Waals surface area contributed by atoms with E-state index in [2.05, 4.69) is 5.16 Å². The van der Waals surface area contributed by atoms with Crippen LogP contribution >= 0.6 is 0 Å². The van der Waals surface area contributed by atoms with Gasteiger partial charge in [0.2, 0.25) is 0 Å². The number of ether oxygens (including phenoxy) is 1. The third-order valence-electron chi connectivity index (χ3n) is 3.28. The molecule has 2 unspecified atom stereocenters. The fraction of sp³-hybridized carbons (Fsp3) is 0.667. The second kappa shape index (κ2) is 5.02. The zero-order chi connectivity index (χ0) is 15.1. The van der Waals surface area contributed by atoms with Gasteiger partial charge in [-0.3, -0.25) is 0 Å². The van der Waals surface area contributed by atoms with Crippen molar-refractivity contribution in [1.82, 2.24) is 10.1 Å². The van der Waals surface area contributed by atoms with Gasteiger partial charge < -0.3 is 19.3 Å². The highest BCUT2D eigenvalue weighted by molar-refractivity contribution is 5.94. The van der Waals surface area contributed by atoms with Gasteiger partial charge in [0, 0.05) is 20.2 Å². The van der Waals surface area contributed by atoms with Gasteiger partial charge in [-0.2, -0.15) is 0 Å². The van der Waals surface area contributed by atoms with Crippen LogP contribution in [0.25, 0.3) is 0 Å². The van der Waals surface area contributed by atoms with Crippen LogP contribution in [0.1, 0.15) is 19.6 Å². The third kappa shape index (κ3) is 2.36. The number of likely N-dealkylation sites (N-methyl/N-ethyl adjacent to an activating group) is 1. The predicted octanol–water partition coefficient (Wildman–Crippen LogP) is 1.08. The number of rotatable bonds is 4. The lowest BCUT2D eigenvalue weighted by molar-refractivity contribution is 0.0630. The quantitative estimate of drug-likeness (QED) is 0.896. The van der Waals surface area contributed by atoms with Gasteiger partial charge in [0.25, 0.3) is 0 Å². The topological polar surface area (TPSA) is 79.0 Å². The molecule has 1 aliphatic rings. The number of alkyl halides is 1. The molecule has 0 saturated carbocycles. The number of aliphatic hydroxyl groups excluding tert-OH is 1. The number of anilines is 1. The van der Waals surface area contributed by atoms with Crippen molar-refractivity contribution >= 4 is 11.8 Å². The van der Waals surface area contributed by atoms with Crippen LogP contribution in [0.2, 0.25) is 0 Å². The molecule has 1 aromatic heterocycles. The minimum atomic E-state index is -1.71. The van der Waals surface area contributed by atoms with Crippen molar-refractivity contribution in [1.29, 1.82) is 0 Å². The zero-order valence-electron chi connectivity index (χ0n) is 11.8. The Hall–Kier alpha value is -1.67. The second-order valence-electron chi connectivity index (χ2n) is 5.22. The number of urea groups is 1. The minimum absolute atomic E-state index is 0.00894. The van der Waals surface area contributed by atoms with Crippen LogP contribution in [-0.4, -0.2) is 54.2 Å². The second-order valence-corrected chi connectivity index (χ2v) is 5.22. The van der Waals surface area contributed by atoms with E-state index in [1.807, 2.05) is 0 Å². The van der Waals surface area contributed by atoms with Crippen molar-refractivity contribution in [3.8, 4) is 0 Å². The summed E-state index contributed by atoms with van der Waals surface area (Å²) in [6.07, 6.45) is -1.13. The van der Waals surface area contributed by atoms with Crippen LogP contribution in [0.4, 0.5) is 15.0 Å². The van der Waals surface area contributed by atoms with E-state index in [0.29, 0.717) is 0 Å². The van der Waals surface area contributed by atoms with Gasteiger partial charge in [0.15, 0.2) is 23.5 Å². The van der Waals surface area contributed by atoms with Crippen LogP contribution in [0.5, 0.6) is 0 Å². The van der Waals surface area contributed by atoms with Crippen molar-refractivity contribution in [2.45, 2.75) is 31.8 Å². The molecule has 2 rings (SSSR count). The van der Waals surface area contributed by atoms with E-state index in [9.17, 15) is 14.3 Å². The number of halogens is 1. The van der Waals surface area contributed by atoms with E-state index in [1.165, 1.54) is 31.9 Å². The summed E-state index contributed by atoms with van der Waals surface area (Å²) in [5, 5.41) is 13.9. The molecule has 2 amide bonds. The Balaban J connectivity index is 2.28. The molecule has 2 atom stereocenters. The number of carbonyl (C=O) groups is 1. The maximum absolute atomic E-state index is 13.8. The Bertz CT molecular complexity index is 499. The summed E-state index contributed by atoms with van der Waals surface area (Å²) in [4.78, 5) is 14.5. The molecule has 1 saturated heterocycles. The summed E-state index contributed by atoms with van der Waals surface area (Å²) in [7, 11) is 3.03. The lowest BCUT2D eigenvalue weighted by Crippen LogP contribution is -2.39. The van der Waals surface area contributed by atoms with Crippen molar-refractivity contribution in [2.75, 3.05) is 25.7 Å². The number of nitrogens with zero attached hydrogens (tertiary/aromatic N) is 3. The first-order valence-corrected chi connectivity index (χ1v) is 6.16. The van der Waals surface area contributed by atoms with Crippen molar-refractivity contribution in [3.05, 3.63) is 11.8 Å². The Morgan fingerprint density at radius 2 is 2.25 bits per heavy atom. The molecule has 8 heteroatoms. The van der Waals surface area contributed by atoms with E-state index in [-0.39, 0.29) is 18.2 Å². The lowest BCUT2D eigenvalue weighted by atomic mass is 10.1. The Morgan fingerprint density at radius 1 is 1.60 bits per heavy atom. The van der Waals surface area contributed by atoms with E-state index < -0.39 is 24.0 Å². The number of hydrogen-bond donors (Lipinski definition) is 1. The molecule has 1 N–H and O–H groups in total. The Morgan fingerprint density at radius 3 is 2.75 bits per heavy atom. The first kappa shape index (κ1) is 14.7. The monoisotopic (exact) mass is 287 g/mol. The minimum Gasteiger partial charge on any atom is -0.382 e. The first-order chi connectivity index (χ1) is 9.27. The van der Waals surface area contributed by atoms with Crippen molar-refractivity contribution in [3.63, 3.8) is 0 Å². The number of methoxy groups -OCH3 is 1. The lowest BCUT2D eigenvalue weighted by Gasteiger charge is -2.19. The van der Waals surface area contributed by atoms with Gasteiger partial charge >= 0.3 is 6.03 Å². The molecular formula is C12H18FN3O4. The van der Waals surface area contributed by atoms with E-state index in [0.717, 1.165) is 4.90 Å². The van der Waals surface area contributed by atoms with Crippen LogP contribution in [0.3, 0.4) is 0 Å². The summed E-state index contributed by atoms with van der Waals surface area (Å²) in [5.74, 6) is 0.0685. The van der Waals surface area contributed by atoms with Crippen LogP contribution in [-0.2, 0) is 10.4 Å². The van der Waals surface area contributed by atoms with E-state index in [1.54, 1.807) is 7.05 Å². The molecule has 20 heavy (non-hydrogen) atoms. The van der Waals surface area contributed by atoms with Gasteiger partial charge in [0.1, 0.15) is 6.04 Å². The Kier molecular flexibility index (Phi) is 3.70. The highest BCUT2D eigenvalue weighted by atomic mass is 19.1. The van der Waals surface area contributed by atoms with Gasteiger partial charge in [-0.1, -0.05) is 5.16 Å². The number of amides is 2. The fourth-order valence-corrected chi connectivity index (χ4v) is 2.06. The molecule has 7 nitrogen and oxygen atoms in total. The largest absolute Gasteiger partial charge is 0.382 e. The molecule has 0 spiro atoms. The average Bonchev–Trinajstić information content (AvgIpc) is 2.90. The number of carbonyl (C=O) groups excluding carboxylic acids is 1. The third-order valence-corrected chi connectivity index (χ3v) is 3.28. The molecule has 112 valence electrons. The fourth-order valence-electron chi connectivity index (χ4n) is 2.06. The number of aromatic nitrogens is 1. The van der Waals surface area contributed by atoms with Crippen LogP contribution < -0.4 is 4.90 Å². The summed E-state index contributed by atoms with van der Waals surface area (Å²) in [6, 6.07) is 0.339. The molecule has 0 aromatic carbocycles. The van der Waals surface area contributed by atoms with E-state index in [4.69, 9.17) is 9.26 Å². The number of hydrogen-bond acceptors (Lipinski definition) is 5. The molecule has 1 aromatic rings. The summed E-state index contributed by atoms with van der Waals surface area (Å²) < 4.78 is 23.6. The van der Waals surface area contributed by atoms with Gasteiger partial charge in [-0.05, 0) is 13.8 Å². The maximum atomic E-state index is 13.8. The molecule has 0 radical (unpaired) electrons. The van der Waals surface area contributed by atoms with Gasteiger partial charge in [-0.25, -0.2) is 14.1 Å².